The van der Waals surface area contributed by atoms with Crippen LogP contribution in [-0.4, -0.2) is 53.6 Å². The molecule has 5 atom stereocenters. The molecule has 0 aromatic heterocycles. The molecule has 53 heavy (non-hydrogen) atoms. The van der Waals surface area contributed by atoms with Crippen molar-refractivity contribution in [3.05, 3.63) is 65.7 Å². The fourth-order valence-corrected chi connectivity index (χ4v) is 10.0. The molecule has 4 aliphatic carbocycles. The van der Waals surface area contributed by atoms with Crippen LogP contribution in [0.4, 0.5) is 10.5 Å². The van der Waals surface area contributed by atoms with Gasteiger partial charge in [0.1, 0.15) is 11.6 Å². The molecule has 0 bridgehead atoms. The fourth-order valence-electron chi connectivity index (χ4n) is 10.0. The molecule has 0 saturated heterocycles. The summed E-state index contributed by atoms with van der Waals surface area (Å²) in [6.45, 7) is 15.2. The van der Waals surface area contributed by atoms with Crippen molar-refractivity contribution < 1.29 is 33.5 Å². The zero-order valence-corrected chi connectivity index (χ0v) is 32.9. The first kappa shape index (κ1) is 38.8. The van der Waals surface area contributed by atoms with E-state index in [0.717, 1.165) is 5.56 Å². The van der Waals surface area contributed by atoms with E-state index in [1.165, 1.54) is 43.4 Å². The van der Waals surface area contributed by atoms with Crippen molar-refractivity contribution in [1.29, 1.82) is 0 Å². The quantitative estimate of drug-likeness (QED) is 0.141. The van der Waals surface area contributed by atoms with Crippen LogP contribution in [0.15, 0.2) is 54.6 Å². The highest BCUT2D eigenvalue weighted by Gasteiger charge is 3.11. The maximum Gasteiger partial charge on any atom is 0.411 e. The van der Waals surface area contributed by atoms with Crippen molar-refractivity contribution in [1.82, 2.24) is 10.4 Å². The van der Waals surface area contributed by atoms with Crippen LogP contribution < -0.4 is 10.8 Å². The van der Waals surface area contributed by atoms with E-state index >= 15 is 0 Å². The number of hydrogen-bond acceptors (Lipinski definition) is 7. The maximum absolute atomic E-state index is 13.8. The Balaban J connectivity index is 1.08. The predicted octanol–water partition coefficient (Wildman–Crippen LogP) is 8.00. The topological polar surface area (TPSA) is 123 Å². The Bertz CT molecular complexity index is 1720. The van der Waals surface area contributed by atoms with Gasteiger partial charge in [-0.25, -0.2) is 15.1 Å². The number of benzene rings is 2. The Labute approximate surface area is 315 Å². The molecule has 4 saturated carbocycles. The summed E-state index contributed by atoms with van der Waals surface area (Å²) in [4.78, 5) is 61.5. The third-order valence-corrected chi connectivity index (χ3v) is 12.5. The van der Waals surface area contributed by atoms with Gasteiger partial charge in [-0.15, -0.1) is 0 Å². The summed E-state index contributed by atoms with van der Waals surface area (Å²) in [5, 5.41) is 3.03. The summed E-state index contributed by atoms with van der Waals surface area (Å²) in [5.74, 6) is -0.486. The average molecular weight is 730 g/mol. The van der Waals surface area contributed by atoms with Gasteiger partial charge in [-0.2, -0.15) is 0 Å². The monoisotopic (exact) mass is 729 g/mol. The van der Waals surface area contributed by atoms with Crippen molar-refractivity contribution >= 4 is 29.6 Å². The first-order valence-electron chi connectivity index (χ1n) is 19.4. The number of esters is 1. The highest BCUT2D eigenvalue weighted by molar-refractivity contribution is 5.95. The zero-order chi connectivity index (χ0) is 38.5. The largest absolute Gasteiger partial charge is 0.464 e. The molecule has 10 nitrogen and oxygen atoms in total. The lowest BCUT2D eigenvalue weighted by Gasteiger charge is -2.33. The van der Waals surface area contributed by atoms with Gasteiger partial charge < -0.3 is 14.8 Å². The number of hydroxylamine groups is 1. The van der Waals surface area contributed by atoms with Crippen LogP contribution in [0.3, 0.4) is 0 Å². The van der Waals surface area contributed by atoms with Crippen molar-refractivity contribution in [2.75, 3.05) is 18.5 Å². The van der Waals surface area contributed by atoms with Gasteiger partial charge >= 0.3 is 12.1 Å². The molecule has 1 unspecified atom stereocenters. The molecule has 0 radical (unpaired) electrons. The Hall–Kier alpha value is -3.92. The van der Waals surface area contributed by atoms with E-state index in [9.17, 15) is 19.2 Å². The normalized spacial score (nSPS) is 26.0. The number of nitrogens with zero attached hydrogens (tertiary/aromatic N) is 1. The number of anilines is 1. The fraction of sp³-hybridized carbons (Fsp3) is 0.628. The van der Waals surface area contributed by atoms with Gasteiger partial charge in [-0.3, -0.25) is 19.3 Å². The lowest BCUT2D eigenvalue weighted by molar-refractivity contribution is -0.149. The van der Waals surface area contributed by atoms with Crippen LogP contribution in [-0.2, 0) is 41.7 Å². The van der Waals surface area contributed by atoms with Crippen LogP contribution in [0.5, 0.6) is 0 Å². The number of carbonyl (C=O) groups excluding carboxylic acids is 4. The van der Waals surface area contributed by atoms with Gasteiger partial charge in [-0.05, 0) is 105 Å². The van der Waals surface area contributed by atoms with Crippen molar-refractivity contribution in [3.63, 3.8) is 0 Å². The molecule has 2 aromatic rings. The van der Waals surface area contributed by atoms with Gasteiger partial charge in [0.2, 0.25) is 11.8 Å². The van der Waals surface area contributed by atoms with Gasteiger partial charge in [0.25, 0.3) is 0 Å². The SMILES string of the molecule is CCOC(=O)[C@H](Cc1ccccc1)N(Cc1cccc(NC(=O)C(C)(C)CC(C)(C)C(=O)NOC[C@H]2CCCC[C@@]34CC35C[C@@]254)c1)C(=O)OC(C)(C)C. The van der Waals surface area contributed by atoms with Crippen LogP contribution in [0.25, 0.3) is 0 Å². The Morgan fingerprint density at radius 3 is 2.23 bits per heavy atom. The van der Waals surface area contributed by atoms with Crippen molar-refractivity contribution in [2.24, 2.45) is 33.0 Å². The Morgan fingerprint density at radius 1 is 0.868 bits per heavy atom. The summed E-state index contributed by atoms with van der Waals surface area (Å²) in [6, 6.07) is 15.7. The molecule has 288 valence electrons. The zero-order valence-electron chi connectivity index (χ0n) is 32.9. The number of amides is 3. The standard InChI is InChI=1S/C43H59N3O7/c1-9-51-34(47)33(23-29-16-11-10-12-17-29)46(37(50)53-38(2,3)4)24-30-18-15-20-32(22-30)44-35(48)39(5,6)26-40(7,8)36(49)45-52-25-31-19-13-14-21-41-27-42(41)28-43(31,41)42/h10-12,15-18,20,22,31,33H,9,13-14,19,21,23-28H2,1-8H3,(H,44,48)(H,45,49)/t31-,33+,41-,42?,43+/m1/s1. The summed E-state index contributed by atoms with van der Waals surface area (Å²) in [7, 11) is 0. The van der Waals surface area contributed by atoms with Crippen LogP contribution in [0, 0.1) is 33.0 Å². The molecule has 2 N–H and O–H groups in total. The molecule has 4 fully saturated rings. The molecule has 4 aliphatic rings. The highest BCUT2D eigenvalue weighted by atomic mass is 16.7. The summed E-state index contributed by atoms with van der Waals surface area (Å²) >= 11 is 0. The van der Waals surface area contributed by atoms with E-state index in [1.807, 2.05) is 64.1 Å². The minimum absolute atomic E-state index is 0.0372. The molecule has 3 spiro atoms. The second-order valence-corrected chi connectivity index (χ2v) is 18.3. The number of carbonyl (C=O) groups is 4. The summed E-state index contributed by atoms with van der Waals surface area (Å²) in [5.41, 5.74) is 4.02. The lowest BCUT2D eigenvalue weighted by atomic mass is 9.74. The van der Waals surface area contributed by atoms with Crippen LogP contribution in [0.2, 0.25) is 0 Å². The lowest BCUT2D eigenvalue weighted by Crippen LogP contribution is -2.48. The van der Waals surface area contributed by atoms with E-state index in [2.05, 4.69) is 10.8 Å². The van der Waals surface area contributed by atoms with E-state index < -0.39 is 34.5 Å². The first-order valence-corrected chi connectivity index (χ1v) is 19.4. The molecular formula is C43H59N3O7. The van der Waals surface area contributed by atoms with E-state index in [4.69, 9.17) is 14.3 Å². The Kier molecular flexibility index (Phi) is 10.3. The minimum Gasteiger partial charge on any atom is -0.464 e. The molecular weight excluding hydrogens is 670 g/mol. The van der Waals surface area contributed by atoms with Gasteiger partial charge in [-0.1, -0.05) is 83.0 Å². The second kappa shape index (κ2) is 14.1. The number of rotatable bonds is 15. The first-order chi connectivity index (χ1) is 24.9. The van der Waals surface area contributed by atoms with Gasteiger partial charge in [0, 0.05) is 22.9 Å². The Morgan fingerprint density at radius 2 is 1.57 bits per heavy atom. The van der Waals surface area contributed by atoms with Gasteiger partial charge in [0.05, 0.1) is 19.8 Å². The highest BCUT2D eigenvalue weighted by Crippen LogP contribution is 3.16. The van der Waals surface area contributed by atoms with Crippen molar-refractivity contribution in [2.45, 2.75) is 125 Å². The average Bonchev–Trinajstić information content (AvgIpc) is 4.00. The minimum atomic E-state index is -0.949. The van der Waals surface area contributed by atoms with E-state index in [0.29, 0.717) is 40.0 Å². The number of ether oxygens (including phenoxy) is 2. The van der Waals surface area contributed by atoms with E-state index in [-0.39, 0.29) is 37.8 Å². The third kappa shape index (κ3) is 7.45. The molecule has 10 heteroatoms. The van der Waals surface area contributed by atoms with E-state index in [1.54, 1.807) is 45.9 Å². The molecule has 0 aliphatic heterocycles. The predicted molar refractivity (Wildman–Crippen MR) is 202 cm³/mol. The van der Waals surface area contributed by atoms with Gasteiger partial charge in [0.15, 0.2) is 0 Å². The third-order valence-electron chi connectivity index (χ3n) is 12.5. The molecule has 0 heterocycles. The molecule has 6 rings (SSSR count). The molecule has 3 amide bonds. The van der Waals surface area contributed by atoms with Crippen molar-refractivity contribution in [3.8, 4) is 0 Å². The molecule has 2 aromatic carbocycles. The second-order valence-electron chi connectivity index (χ2n) is 18.3. The number of hydrogen-bond donors (Lipinski definition) is 2. The number of nitrogens with one attached hydrogen (secondary N) is 2. The van der Waals surface area contributed by atoms with Crippen LogP contribution in [0.1, 0.15) is 111 Å². The maximum atomic E-state index is 13.8. The van der Waals surface area contributed by atoms with Crippen LogP contribution >= 0.6 is 0 Å². The smallest absolute Gasteiger partial charge is 0.411 e. The summed E-state index contributed by atoms with van der Waals surface area (Å²) in [6.07, 6.45) is 7.74. The summed E-state index contributed by atoms with van der Waals surface area (Å²) < 4.78 is 11.2.